The van der Waals surface area contributed by atoms with Gasteiger partial charge in [0.25, 0.3) is 0 Å². The summed E-state index contributed by atoms with van der Waals surface area (Å²) in [7, 11) is 0. The van der Waals surface area contributed by atoms with Crippen molar-refractivity contribution in [3.8, 4) is 0 Å². The lowest BCUT2D eigenvalue weighted by Crippen LogP contribution is -2.63. The topological polar surface area (TPSA) is 128 Å². The average molecular weight is 194 g/mol. The minimum atomic E-state index is -1.38. The molecule has 1 rings (SSSR count). The molecular weight excluding hydrogens is 180 g/mol. The normalized spacial score (nSPS) is 46.4. The van der Waals surface area contributed by atoms with Crippen LogP contribution in [0.25, 0.3) is 0 Å². The molecular formula is C6H14N2O5. The molecule has 7 nitrogen and oxygen atoms in total. The number of aliphatic hydroxyl groups excluding tert-OH is 4. The third-order valence-electron chi connectivity index (χ3n) is 2.06. The van der Waals surface area contributed by atoms with Gasteiger partial charge >= 0.3 is 0 Å². The first-order valence-corrected chi connectivity index (χ1v) is 3.88. The molecule has 78 valence electrons. The summed E-state index contributed by atoms with van der Waals surface area (Å²) in [6.07, 6.45) is -5.95. The zero-order valence-corrected chi connectivity index (χ0v) is 6.87. The summed E-state index contributed by atoms with van der Waals surface area (Å²) in [4.78, 5) is 0. The summed E-state index contributed by atoms with van der Waals surface area (Å²) < 4.78 is 4.93. The molecule has 0 aromatic heterocycles. The van der Waals surface area contributed by atoms with Crippen LogP contribution in [-0.2, 0) is 4.74 Å². The Morgan fingerprint density at radius 3 is 2.23 bits per heavy atom. The molecule has 1 aliphatic heterocycles. The maximum atomic E-state index is 9.26. The molecule has 5 atom stereocenters. The number of nitrogens with one attached hydrogen (secondary N) is 1. The molecule has 13 heavy (non-hydrogen) atoms. The van der Waals surface area contributed by atoms with E-state index in [1.807, 2.05) is 0 Å². The molecule has 1 aliphatic rings. The van der Waals surface area contributed by atoms with Crippen molar-refractivity contribution in [1.82, 2.24) is 5.43 Å². The molecule has 0 aromatic carbocycles. The number of hydrogen-bond acceptors (Lipinski definition) is 7. The van der Waals surface area contributed by atoms with Crippen molar-refractivity contribution in [1.29, 1.82) is 0 Å². The molecule has 0 radical (unpaired) electrons. The summed E-state index contributed by atoms with van der Waals surface area (Å²) in [5.41, 5.74) is 2.11. The maximum absolute atomic E-state index is 9.26. The Morgan fingerprint density at radius 2 is 1.77 bits per heavy atom. The van der Waals surface area contributed by atoms with Crippen LogP contribution in [0.15, 0.2) is 0 Å². The first kappa shape index (κ1) is 10.8. The fourth-order valence-corrected chi connectivity index (χ4v) is 1.24. The van der Waals surface area contributed by atoms with Gasteiger partial charge in [-0.25, -0.2) is 5.43 Å². The molecule has 0 spiro atoms. The van der Waals surface area contributed by atoms with E-state index in [4.69, 9.17) is 15.7 Å². The average Bonchev–Trinajstić information content (AvgIpc) is 2.15. The van der Waals surface area contributed by atoms with Gasteiger partial charge in [0.15, 0.2) is 0 Å². The third kappa shape index (κ3) is 1.97. The number of rotatable bonds is 2. The van der Waals surface area contributed by atoms with Gasteiger partial charge in [-0.15, -0.1) is 0 Å². The maximum Gasteiger partial charge on any atom is 0.149 e. The van der Waals surface area contributed by atoms with E-state index in [9.17, 15) is 15.3 Å². The van der Waals surface area contributed by atoms with Gasteiger partial charge in [-0.3, -0.25) is 5.84 Å². The van der Waals surface area contributed by atoms with Crippen LogP contribution in [0, 0.1) is 0 Å². The van der Waals surface area contributed by atoms with E-state index in [1.54, 1.807) is 0 Å². The Morgan fingerprint density at radius 1 is 1.15 bits per heavy atom. The van der Waals surface area contributed by atoms with Crippen LogP contribution in [-0.4, -0.2) is 57.7 Å². The Kier molecular flexibility index (Phi) is 3.56. The highest BCUT2D eigenvalue weighted by Crippen LogP contribution is 2.18. The van der Waals surface area contributed by atoms with Crippen molar-refractivity contribution in [2.24, 2.45) is 5.84 Å². The smallest absolute Gasteiger partial charge is 0.149 e. The number of nitrogens with two attached hydrogens (primary N) is 1. The van der Waals surface area contributed by atoms with Gasteiger partial charge in [-0.05, 0) is 0 Å². The van der Waals surface area contributed by atoms with Gasteiger partial charge in [-0.1, -0.05) is 0 Å². The van der Waals surface area contributed by atoms with E-state index in [0.717, 1.165) is 0 Å². The van der Waals surface area contributed by atoms with Crippen molar-refractivity contribution < 1.29 is 25.2 Å². The highest BCUT2D eigenvalue weighted by molar-refractivity contribution is 4.90. The lowest BCUT2D eigenvalue weighted by atomic mass is 9.99. The second kappa shape index (κ2) is 4.29. The van der Waals surface area contributed by atoms with Crippen LogP contribution in [0.3, 0.4) is 0 Å². The number of hydrogen-bond donors (Lipinski definition) is 6. The lowest BCUT2D eigenvalue weighted by molar-refractivity contribution is -0.236. The largest absolute Gasteiger partial charge is 0.394 e. The van der Waals surface area contributed by atoms with Gasteiger partial charge in [0.1, 0.15) is 30.6 Å². The van der Waals surface area contributed by atoms with E-state index in [-0.39, 0.29) is 0 Å². The highest BCUT2D eigenvalue weighted by atomic mass is 16.6. The first-order chi connectivity index (χ1) is 6.11. The Balaban J connectivity index is 2.66. The van der Waals surface area contributed by atoms with Crippen molar-refractivity contribution in [3.63, 3.8) is 0 Å². The molecule has 0 aliphatic carbocycles. The minimum Gasteiger partial charge on any atom is -0.394 e. The Bertz CT molecular complexity index is 149. The molecule has 0 bridgehead atoms. The molecule has 1 fully saturated rings. The van der Waals surface area contributed by atoms with E-state index in [1.165, 1.54) is 0 Å². The zero-order chi connectivity index (χ0) is 10.0. The molecule has 0 amide bonds. The van der Waals surface area contributed by atoms with Crippen LogP contribution in [0.4, 0.5) is 0 Å². The number of ether oxygens (including phenoxy) is 1. The highest BCUT2D eigenvalue weighted by Gasteiger charge is 2.42. The van der Waals surface area contributed by atoms with Crippen LogP contribution in [0.1, 0.15) is 0 Å². The van der Waals surface area contributed by atoms with Crippen LogP contribution < -0.4 is 11.3 Å². The molecule has 7 heteroatoms. The second-order valence-corrected chi connectivity index (χ2v) is 2.92. The van der Waals surface area contributed by atoms with E-state index >= 15 is 0 Å². The third-order valence-corrected chi connectivity index (χ3v) is 2.06. The van der Waals surface area contributed by atoms with Gasteiger partial charge in [0, 0.05) is 0 Å². The predicted octanol–water partition coefficient (Wildman–Crippen LogP) is -3.75. The van der Waals surface area contributed by atoms with Gasteiger partial charge in [-0.2, -0.15) is 0 Å². The fourth-order valence-electron chi connectivity index (χ4n) is 1.24. The lowest BCUT2D eigenvalue weighted by Gasteiger charge is -2.39. The Labute approximate surface area is 74.7 Å². The summed E-state index contributed by atoms with van der Waals surface area (Å²) in [6, 6.07) is 0. The fraction of sp³-hybridized carbons (Fsp3) is 1.00. The summed E-state index contributed by atoms with van der Waals surface area (Å²) in [5, 5.41) is 36.5. The van der Waals surface area contributed by atoms with E-state index < -0.39 is 37.3 Å². The quantitative estimate of drug-likeness (QED) is 0.197. The summed E-state index contributed by atoms with van der Waals surface area (Å²) in [6.45, 7) is -0.455. The standard InChI is InChI=1S/C6H14N2O5/c7-8-6-5(12)4(11)3(10)2(1-9)13-6/h2-6,8-12H,1,7H2/t2-,3-,4+,5-,6?/m1/s1. The van der Waals surface area contributed by atoms with Gasteiger partial charge < -0.3 is 25.2 Å². The molecule has 1 heterocycles. The summed E-state index contributed by atoms with van der Waals surface area (Å²) >= 11 is 0. The SMILES string of the molecule is NNC1O[C@H](CO)[C@@H](O)[C@H](O)[C@H]1O. The predicted molar refractivity (Wildman–Crippen MR) is 41.1 cm³/mol. The van der Waals surface area contributed by atoms with E-state index in [2.05, 4.69) is 5.43 Å². The molecule has 7 N–H and O–H groups in total. The van der Waals surface area contributed by atoms with E-state index in [0.29, 0.717) is 0 Å². The van der Waals surface area contributed by atoms with Crippen molar-refractivity contribution >= 4 is 0 Å². The molecule has 0 aromatic rings. The van der Waals surface area contributed by atoms with Crippen molar-refractivity contribution in [3.05, 3.63) is 0 Å². The van der Waals surface area contributed by atoms with Crippen LogP contribution in [0.2, 0.25) is 0 Å². The molecule has 0 saturated carbocycles. The number of aliphatic hydroxyl groups is 4. The van der Waals surface area contributed by atoms with Crippen LogP contribution in [0.5, 0.6) is 0 Å². The van der Waals surface area contributed by atoms with Crippen LogP contribution >= 0.6 is 0 Å². The van der Waals surface area contributed by atoms with Gasteiger partial charge in [0.05, 0.1) is 6.61 Å². The van der Waals surface area contributed by atoms with Crippen molar-refractivity contribution in [2.45, 2.75) is 30.6 Å². The number of hydrazine groups is 1. The first-order valence-electron chi connectivity index (χ1n) is 3.88. The van der Waals surface area contributed by atoms with Gasteiger partial charge in [0.2, 0.25) is 0 Å². The zero-order valence-electron chi connectivity index (χ0n) is 6.87. The minimum absolute atomic E-state index is 0.455. The summed E-state index contributed by atoms with van der Waals surface area (Å²) in [5.74, 6) is 5.01. The molecule has 1 unspecified atom stereocenters. The monoisotopic (exact) mass is 194 g/mol. The van der Waals surface area contributed by atoms with Crippen molar-refractivity contribution in [2.75, 3.05) is 6.61 Å². The Hall–Kier alpha value is -0.280. The molecule has 1 saturated heterocycles. The second-order valence-electron chi connectivity index (χ2n) is 2.92.